The van der Waals surface area contributed by atoms with Crippen LogP contribution >= 0.6 is 15.9 Å². The van der Waals surface area contributed by atoms with Gasteiger partial charge < -0.3 is 4.18 Å². The second kappa shape index (κ2) is 3.38. The molecular weight excluding hydrogens is 248 g/mol. The molecule has 0 saturated heterocycles. The van der Waals surface area contributed by atoms with Crippen molar-refractivity contribution in [1.82, 2.24) is 4.98 Å². The predicted octanol–water partition coefficient (Wildman–Crippen LogP) is 0.426. The second-order valence-corrected chi connectivity index (χ2v) is 3.77. The van der Waals surface area contributed by atoms with Crippen molar-refractivity contribution < 1.29 is 12.6 Å². The highest BCUT2D eigenvalue weighted by Gasteiger charge is 2.07. The first-order valence-corrected chi connectivity index (χ1v) is 5.08. The number of hydrogen-bond donors (Lipinski definition) is 1. The molecule has 0 aromatic carbocycles. The first-order valence-electron chi connectivity index (χ1n) is 2.82. The number of nitrogens with two attached hydrogens (primary N) is 1. The van der Waals surface area contributed by atoms with Gasteiger partial charge in [-0.3, -0.25) is 0 Å². The zero-order valence-corrected chi connectivity index (χ0v) is 8.17. The lowest BCUT2D eigenvalue weighted by Crippen LogP contribution is -2.19. The Bertz CT molecular complexity index is 378. The SMILES string of the molecule is NS(=O)(=O)Oc1cccnc1Br. The largest absolute Gasteiger partial charge is 0.380 e. The number of aromatic nitrogens is 1. The van der Waals surface area contributed by atoms with Crippen LogP contribution in [0.2, 0.25) is 0 Å². The molecule has 1 rings (SSSR count). The molecule has 1 aromatic rings. The second-order valence-electron chi connectivity index (χ2n) is 1.87. The Morgan fingerprint density at radius 1 is 1.58 bits per heavy atom. The molecule has 0 aliphatic heterocycles. The average molecular weight is 253 g/mol. The van der Waals surface area contributed by atoms with Gasteiger partial charge in [-0.25, -0.2) is 4.98 Å². The van der Waals surface area contributed by atoms with Crippen LogP contribution in [0.15, 0.2) is 22.9 Å². The average Bonchev–Trinajstić information content (AvgIpc) is 1.91. The third kappa shape index (κ3) is 2.76. The van der Waals surface area contributed by atoms with Crippen molar-refractivity contribution >= 4 is 26.2 Å². The minimum Gasteiger partial charge on any atom is -0.368 e. The molecule has 2 N–H and O–H groups in total. The highest BCUT2D eigenvalue weighted by molar-refractivity contribution is 9.10. The van der Waals surface area contributed by atoms with Crippen LogP contribution in [0.3, 0.4) is 0 Å². The molecule has 0 unspecified atom stereocenters. The molecule has 0 atom stereocenters. The quantitative estimate of drug-likeness (QED) is 0.774. The fourth-order valence-electron chi connectivity index (χ4n) is 0.559. The van der Waals surface area contributed by atoms with E-state index in [0.717, 1.165) is 0 Å². The van der Waals surface area contributed by atoms with Gasteiger partial charge in [-0.15, -0.1) is 0 Å². The molecule has 66 valence electrons. The third-order valence-corrected chi connectivity index (χ3v) is 1.94. The van der Waals surface area contributed by atoms with Crippen molar-refractivity contribution in [1.29, 1.82) is 0 Å². The smallest absolute Gasteiger partial charge is 0.368 e. The Morgan fingerprint density at radius 2 is 2.25 bits per heavy atom. The highest BCUT2D eigenvalue weighted by Crippen LogP contribution is 2.21. The van der Waals surface area contributed by atoms with Gasteiger partial charge in [0.1, 0.15) is 4.60 Å². The van der Waals surface area contributed by atoms with E-state index in [2.05, 4.69) is 30.2 Å². The van der Waals surface area contributed by atoms with Crippen molar-refractivity contribution in [2.75, 3.05) is 0 Å². The Balaban J connectivity index is 2.98. The van der Waals surface area contributed by atoms with Gasteiger partial charge in [0.15, 0.2) is 5.75 Å². The van der Waals surface area contributed by atoms with Crippen LogP contribution in [-0.2, 0) is 10.3 Å². The zero-order chi connectivity index (χ0) is 9.19. The Kier molecular flexibility index (Phi) is 2.65. The summed E-state index contributed by atoms with van der Waals surface area (Å²) in [6.45, 7) is 0. The summed E-state index contributed by atoms with van der Waals surface area (Å²) in [6, 6.07) is 2.97. The van der Waals surface area contributed by atoms with E-state index in [-0.39, 0.29) is 5.75 Å². The summed E-state index contributed by atoms with van der Waals surface area (Å²) in [4.78, 5) is 3.73. The van der Waals surface area contributed by atoms with E-state index in [1.165, 1.54) is 18.3 Å². The van der Waals surface area contributed by atoms with Gasteiger partial charge in [-0.2, -0.15) is 13.6 Å². The molecule has 5 nitrogen and oxygen atoms in total. The lowest BCUT2D eigenvalue weighted by Gasteiger charge is -2.02. The molecule has 7 heteroatoms. The number of pyridine rings is 1. The summed E-state index contributed by atoms with van der Waals surface area (Å²) in [5, 5.41) is 4.64. The monoisotopic (exact) mass is 252 g/mol. The predicted molar refractivity (Wildman–Crippen MR) is 45.7 cm³/mol. The molecule has 0 aliphatic rings. The van der Waals surface area contributed by atoms with E-state index in [0.29, 0.717) is 4.60 Å². The van der Waals surface area contributed by atoms with Crippen LogP contribution in [-0.4, -0.2) is 13.4 Å². The lowest BCUT2D eigenvalue weighted by molar-refractivity contribution is 0.484. The van der Waals surface area contributed by atoms with Crippen molar-refractivity contribution in [3.63, 3.8) is 0 Å². The fraction of sp³-hybridized carbons (Fsp3) is 0. The maximum absolute atomic E-state index is 10.5. The van der Waals surface area contributed by atoms with Crippen LogP contribution in [0.25, 0.3) is 0 Å². The minimum atomic E-state index is -3.97. The zero-order valence-electron chi connectivity index (χ0n) is 5.77. The Hall–Kier alpha value is -0.660. The van der Waals surface area contributed by atoms with E-state index >= 15 is 0 Å². The molecular formula is C5H5BrN2O3S. The first-order chi connectivity index (χ1) is 5.49. The summed E-state index contributed by atoms with van der Waals surface area (Å²) in [6.07, 6.45) is 1.49. The number of nitrogens with zero attached hydrogens (tertiary/aromatic N) is 1. The van der Waals surface area contributed by atoms with Crippen LogP contribution in [0.4, 0.5) is 0 Å². The normalized spacial score (nSPS) is 11.2. The Morgan fingerprint density at radius 3 is 2.75 bits per heavy atom. The Labute approximate surface area is 77.9 Å². The van der Waals surface area contributed by atoms with E-state index < -0.39 is 10.3 Å². The number of halogens is 1. The van der Waals surface area contributed by atoms with E-state index in [4.69, 9.17) is 0 Å². The number of rotatable bonds is 2. The molecule has 0 fully saturated rings. The van der Waals surface area contributed by atoms with Gasteiger partial charge in [0.05, 0.1) is 0 Å². The van der Waals surface area contributed by atoms with E-state index in [9.17, 15) is 8.42 Å². The topological polar surface area (TPSA) is 82.3 Å². The molecule has 0 aliphatic carbocycles. The third-order valence-electron chi connectivity index (χ3n) is 0.931. The van der Waals surface area contributed by atoms with Gasteiger partial charge in [-0.05, 0) is 28.1 Å². The van der Waals surface area contributed by atoms with E-state index in [1.54, 1.807) is 0 Å². The highest BCUT2D eigenvalue weighted by atomic mass is 79.9. The molecule has 0 bridgehead atoms. The van der Waals surface area contributed by atoms with Crippen molar-refractivity contribution in [3.8, 4) is 5.75 Å². The van der Waals surface area contributed by atoms with Crippen molar-refractivity contribution in [3.05, 3.63) is 22.9 Å². The lowest BCUT2D eigenvalue weighted by atomic mass is 10.5. The standard InChI is InChI=1S/C5H5BrN2O3S/c6-5-4(2-1-3-8-5)11-12(7,9)10/h1-3H,(H2,7,9,10). The summed E-state index contributed by atoms with van der Waals surface area (Å²) < 4.78 is 25.6. The molecule has 0 saturated carbocycles. The fourth-order valence-corrected chi connectivity index (χ4v) is 1.38. The molecule has 0 radical (unpaired) electrons. The van der Waals surface area contributed by atoms with Crippen LogP contribution < -0.4 is 9.32 Å². The summed E-state index contributed by atoms with van der Waals surface area (Å²) in [7, 11) is -3.97. The maximum Gasteiger partial charge on any atom is 0.380 e. The molecule has 12 heavy (non-hydrogen) atoms. The van der Waals surface area contributed by atoms with Crippen molar-refractivity contribution in [2.24, 2.45) is 5.14 Å². The maximum atomic E-state index is 10.5. The summed E-state index contributed by atoms with van der Waals surface area (Å²) >= 11 is 2.99. The van der Waals surface area contributed by atoms with Gasteiger partial charge >= 0.3 is 10.3 Å². The van der Waals surface area contributed by atoms with E-state index in [1.807, 2.05) is 0 Å². The molecule has 1 aromatic heterocycles. The molecule has 0 spiro atoms. The van der Waals surface area contributed by atoms with Crippen LogP contribution in [0.1, 0.15) is 0 Å². The summed E-state index contributed by atoms with van der Waals surface area (Å²) in [5.41, 5.74) is 0. The van der Waals surface area contributed by atoms with Gasteiger partial charge in [0.2, 0.25) is 0 Å². The van der Waals surface area contributed by atoms with Crippen molar-refractivity contribution in [2.45, 2.75) is 0 Å². The first kappa shape index (κ1) is 9.43. The molecule has 1 heterocycles. The van der Waals surface area contributed by atoms with Gasteiger partial charge in [0.25, 0.3) is 0 Å². The number of hydrogen-bond acceptors (Lipinski definition) is 4. The molecule has 0 amide bonds. The van der Waals surface area contributed by atoms with Crippen LogP contribution in [0.5, 0.6) is 5.75 Å². The van der Waals surface area contributed by atoms with Crippen LogP contribution in [0, 0.1) is 0 Å². The van der Waals surface area contributed by atoms with Gasteiger partial charge in [-0.1, -0.05) is 0 Å². The minimum absolute atomic E-state index is 0.0694. The van der Waals surface area contributed by atoms with Gasteiger partial charge in [0, 0.05) is 6.20 Å². The summed E-state index contributed by atoms with van der Waals surface area (Å²) in [5.74, 6) is 0.0694.